The lowest BCUT2D eigenvalue weighted by Gasteiger charge is -2.25. The molecular formula is C9H17NO5. The van der Waals surface area contributed by atoms with Crippen molar-refractivity contribution in [3.8, 4) is 0 Å². The van der Waals surface area contributed by atoms with Crippen molar-refractivity contribution in [1.29, 1.82) is 0 Å². The van der Waals surface area contributed by atoms with E-state index in [-0.39, 0.29) is 6.61 Å². The number of morpholine rings is 1. The Labute approximate surface area is 88.7 Å². The van der Waals surface area contributed by atoms with Crippen LogP contribution in [0.1, 0.15) is 0 Å². The number of nitrogens with zero attached hydrogens (tertiary/aromatic N) is 1. The molecule has 0 amide bonds. The zero-order valence-electron chi connectivity index (χ0n) is 8.59. The SMILES string of the molecule is C=COC(=O)O.OCCN1CCOCC1. The summed E-state index contributed by atoms with van der Waals surface area (Å²) in [5, 5.41) is 16.2. The van der Waals surface area contributed by atoms with Crippen LogP contribution in [0.3, 0.4) is 0 Å². The standard InChI is InChI=1S/C6H13NO2.C3H4O3/c8-4-1-7-2-5-9-6-3-7;1-2-6-3(4)5/h8H,1-6H2;2H,1H2,(H,4,5). The van der Waals surface area contributed by atoms with Crippen molar-refractivity contribution in [2.24, 2.45) is 0 Å². The van der Waals surface area contributed by atoms with Crippen molar-refractivity contribution >= 4 is 6.16 Å². The highest BCUT2D eigenvalue weighted by atomic mass is 16.7. The van der Waals surface area contributed by atoms with E-state index in [0.29, 0.717) is 0 Å². The largest absolute Gasteiger partial charge is 0.510 e. The molecule has 1 aliphatic rings. The molecule has 0 bridgehead atoms. The van der Waals surface area contributed by atoms with Crippen LogP contribution < -0.4 is 0 Å². The lowest BCUT2D eigenvalue weighted by molar-refractivity contribution is 0.0306. The van der Waals surface area contributed by atoms with Crippen LogP contribution in [0, 0.1) is 0 Å². The van der Waals surface area contributed by atoms with E-state index in [1.165, 1.54) is 0 Å². The number of carboxylic acid groups (broad SMARTS) is 1. The maximum Gasteiger partial charge on any atom is 0.510 e. The summed E-state index contributed by atoms with van der Waals surface area (Å²) < 4.78 is 8.84. The van der Waals surface area contributed by atoms with E-state index in [9.17, 15) is 4.79 Å². The molecule has 0 aromatic rings. The van der Waals surface area contributed by atoms with Gasteiger partial charge in [-0.25, -0.2) is 4.79 Å². The molecule has 0 saturated carbocycles. The van der Waals surface area contributed by atoms with Gasteiger partial charge in [0.25, 0.3) is 0 Å². The monoisotopic (exact) mass is 219 g/mol. The van der Waals surface area contributed by atoms with E-state index in [4.69, 9.17) is 14.9 Å². The topological polar surface area (TPSA) is 79.2 Å². The number of aliphatic hydroxyl groups excluding tert-OH is 1. The molecule has 0 unspecified atom stereocenters. The summed E-state index contributed by atoms with van der Waals surface area (Å²) in [5.41, 5.74) is 0. The summed E-state index contributed by atoms with van der Waals surface area (Å²) in [7, 11) is 0. The number of carbonyl (C=O) groups is 1. The second-order valence-corrected chi connectivity index (χ2v) is 2.73. The van der Waals surface area contributed by atoms with Crippen LogP contribution in [0.15, 0.2) is 12.8 Å². The smallest absolute Gasteiger partial charge is 0.449 e. The van der Waals surface area contributed by atoms with Crippen molar-refractivity contribution < 1.29 is 24.5 Å². The van der Waals surface area contributed by atoms with Crippen molar-refractivity contribution in [1.82, 2.24) is 4.90 Å². The molecule has 0 aromatic heterocycles. The molecule has 0 radical (unpaired) electrons. The minimum absolute atomic E-state index is 0.264. The van der Waals surface area contributed by atoms with Crippen molar-refractivity contribution in [2.45, 2.75) is 0 Å². The molecule has 15 heavy (non-hydrogen) atoms. The predicted molar refractivity (Wildman–Crippen MR) is 53.7 cm³/mol. The van der Waals surface area contributed by atoms with E-state index in [2.05, 4.69) is 16.2 Å². The molecule has 2 N–H and O–H groups in total. The molecule has 1 aliphatic heterocycles. The average molecular weight is 219 g/mol. The number of hydrogen-bond acceptors (Lipinski definition) is 5. The van der Waals surface area contributed by atoms with Gasteiger partial charge in [-0.2, -0.15) is 0 Å². The van der Waals surface area contributed by atoms with Gasteiger partial charge >= 0.3 is 6.16 Å². The fourth-order valence-electron chi connectivity index (χ4n) is 1.04. The van der Waals surface area contributed by atoms with Gasteiger partial charge in [-0.1, -0.05) is 6.58 Å². The molecular weight excluding hydrogens is 202 g/mol. The molecule has 1 heterocycles. The van der Waals surface area contributed by atoms with Gasteiger partial charge in [0.05, 0.1) is 26.1 Å². The Kier molecular flexibility index (Phi) is 8.75. The molecule has 0 aromatic carbocycles. The minimum atomic E-state index is -1.33. The maximum absolute atomic E-state index is 9.31. The third-order valence-corrected chi connectivity index (χ3v) is 1.70. The maximum atomic E-state index is 9.31. The van der Waals surface area contributed by atoms with Crippen LogP contribution in [0.5, 0.6) is 0 Å². The first-order valence-electron chi connectivity index (χ1n) is 4.62. The minimum Gasteiger partial charge on any atom is -0.449 e. The molecule has 1 saturated heterocycles. The Morgan fingerprint density at radius 1 is 1.53 bits per heavy atom. The van der Waals surface area contributed by atoms with Crippen molar-refractivity contribution in [3.05, 3.63) is 12.8 Å². The molecule has 6 heteroatoms. The van der Waals surface area contributed by atoms with Gasteiger partial charge in [-0.05, 0) is 0 Å². The highest BCUT2D eigenvalue weighted by Crippen LogP contribution is 1.94. The van der Waals surface area contributed by atoms with Gasteiger partial charge in [0.1, 0.15) is 0 Å². The Hall–Kier alpha value is -1.11. The second kappa shape index (κ2) is 9.45. The first kappa shape index (κ1) is 13.9. The van der Waals surface area contributed by atoms with Gasteiger partial charge in [0.15, 0.2) is 0 Å². The summed E-state index contributed by atoms with van der Waals surface area (Å²) in [6.45, 7) is 7.64. The molecule has 0 spiro atoms. The van der Waals surface area contributed by atoms with E-state index < -0.39 is 6.16 Å². The fourth-order valence-corrected chi connectivity index (χ4v) is 1.04. The quantitative estimate of drug-likeness (QED) is 0.519. The highest BCUT2D eigenvalue weighted by molar-refractivity contribution is 5.57. The summed E-state index contributed by atoms with van der Waals surface area (Å²) in [6, 6.07) is 0. The zero-order valence-corrected chi connectivity index (χ0v) is 8.59. The first-order valence-corrected chi connectivity index (χ1v) is 4.62. The Morgan fingerprint density at radius 2 is 2.13 bits per heavy atom. The second-order valence-electron chi connectivity index (χ2n) is 2.73. The van der Waals surface area contributed by atoms with Gasteiger partial charge < -0.3 is 19.7 Å². The zero-order chi connectivity index (χ0) is 11.5. The first-order chi connectivity index (χ1) is 7.20. The molecule has 88 valence electrons. The van der Waals surface area contributed by atoms with Crippen LogP contribution in [0.4, 0.5) is 4.79 Å². The third-order valence-electron chi connectivity index (χ3n) is 1.70. The Bertz CT molecular complexity index is 177. The predicted octanol–water partition coefficient (Wildman–Crippen LogP) is 0.135. The molecule has 6 nitrogen and oxygen atoms in total. The molecule has 1 fully saturated rings. The molecule has 0 aliphatic carbocycles. The van der Waals surface area contributed by atoms with Crippen molar-refractivity contribution in [3.63, 3.8) is 0 Å². The van der Waals surface area contributed by atoms with E-state index in [1.807, 2.05) is 0 Å². The average Bonchev–Trinajstić information content (AvgIpc) is 2.20. The van der Waals surface area contributed by atoms with Gasteiger partial charge in [-0.3, -0.25) is 4.90 Å². The van der Waals surface area contributed by atoms with Crippen molar-refractivity contribution in [2.75, 3.05) is 39.5 Å². The fraction of sp³-hybridized carbons (Fsp3) is 0.667. The van der Waals surface area contributed by atoms with Crippen LogP contribution >= 0.6 is 0 Å². The van der Waals surface area contributed by atoms with E-state index in [0.717, 1.165) is 39.1 Å². The molecule has 0 atom stereocenters. The number of hydrogen-bond donors (Lipinski definition) is 2. The summed E-state index contributed by atoms with van der Waals surface area (Å²) in [5.74, 6) is 0. The lowest BCUT2D eigenvalue weighted by Crippen LogP contribution is -2.37. The van der Waals surface area contributed by atoms with Crippen LogP contribution in [-0.2, 0) is 9.47 Å². The van der Waals surface area contributed by atoms with Crippen LogP contribution in [0.25, 0.3) is 0 Å². The lowest BCUT2D eigenvalue weighted by atomic mass is 10.4. The highest BCUT2D eigenvalue weighted by Gasteiger charge is 2.07. The number of aliphatic hydroxyl groups is 1. The Morgan fingerprint density at radius 3 is 2.47 bits per heavy atom. The van der Waals surface area contributed by atoms with Crippen LogP contribution in [-0.4, -0.2) is 60.7 Å². The van der Waals surface area contributed by atoms with Gasteiger partial charge in [0.2, 0.25) is 0 Å². The van der Waals surface area contributed by atoms with Gasteiger partial charge in [0, 0.05) is 19.6 Å². The number of β-amino-alcohol motifs (C(OH)–C–C–N with tert-alkyl or cyclic N) is 1. The normalized spacial score (nSPS) is 16.1. The van der Waals surface area contributed by atoms with Crippen LogP contribution in [0.2, 0.25) is 0 Å². The summed E-state index contributed by atoms with van der Waals surface area (Å²) >= 11 is 0. The number of rotatable bonds is 3. The Balaban J connectivity index is 0.000000288. The summed E-state index contributed by atoms with van der Waals surface area (Å²) in [6.07, 6.45) is -0.479. The van der Waals surface area contributed by atoms with E-state index in [1.54, 1.807) is 0 Å². The van der Waals surface area contributed by atoms with E-state index >= 15 is 0 Å². The molecule has 1 rings (SSSR count). The third kappa shape index (κ3) is 9.20. The van der Waals surface area contributed by atoms with Gasteiger partial charge in [-0.15, -0.1) is 0 Å². The summed E-state index contributed by atoms with van der Waals surface area (Å²) in [4.78, 5) is 11.5. The number of ether oxygens (including phenoxy) is 2.